The van der Waals surface area contributed by atoms with Crippen molar-refractivity contribution in [2.45, 2.75) is 57.2 Å². The van der Waals surface area contributed by atoms with Crippen molar-refractivity contribution in [3.05, 3.63) is 30.1 Å². The lowest BCUT2D eigenvalue weighted by Gasteiger charge is -2.30. The number of rotatable bonds is 4. The van der Waals surface area contributed by atoms with Crippen molar-refractivity contribution >= 4 is 21.6 Å². The largest absolute Gasteiger partial charge is 0.326 e. The quantitative estimate of drug-likeness (QED) is 0.871. The van der Waals surface area contributed by atoms with E-state index in [0.29, 0.717) is 31.4 Å². The fraction of sp³-hybridized carbons (Fsp3) is 0.588. The van der Waals surface area contributed by atoms with Crippen LogP contribution < -0.4 is 10.0 Å². The number of nitrogens with one attached hydrogen (secondary N) is 2. The first-order valence-electron chi connectivity index (χ1n) is 8.17. The molecular weight excluding hydrogens is 331 g/mol. The van der Waals surface area contributed by atoms with Crippen molar-refractivity contribution in [2.24, 2.45) is 5.92 Å². The van der Waals surface area contributed by atoms with Crippen LogP contribution >= 0.6 is 0 Å². The predicted molar refractivity (Wildman–Crippen MR) is 92.6 cm³/mol. The lowest BCUT2D eigenvalue weighted by atomic mass is 9.86. The Hall–Kier alpha value is -1.47. The zero-order chi connectivity index (χ0) is 18.0. The van der Waals surface area contributed by atoms with Gasteiger partial charge in [-0.05, 0) is 64.7 Å². The molecule has 0 aromatic heterocycles. The normalized spacial score (nSPS) is 22.2. The third-order valence-electron chi connectivity index (χ3n) is 4.32. The number of hydrogen-bond acceptors (Lipinski definition) is 3. The van der Waals surface area contributed by atoms with Gasteiger partial charge in [0, 0.05) is 17.6 Å². The molecule has 1 aromatic carbocycles. The molecule has 0 saturated heterocycles. The van der Waals surface area contributed by atoms with Crippen LogP contribution in [0.25, 0.3) is 0 Å². The molecule has 1 saturated carbocycles. The molecule has 24 heavy (non-hydrogen) atoms. The Morgan fingerprint density at radius 2 is 1.79 bits per heavy atom. The lowest BCUT2D eigenvalue weighted by molar-refractivity contribution is -0.120. The molecule has 0 unspecified atom stereocenters. The summed E-state index contributed by atoms with van der Waals surface area (Å²) in [6, 6.07) is 5.66. The molecular formula is C17H25FN2O3S. The summed E-state index contributed by atoms with van der Waals surface area (Å²) in [5.41, 5.74) is 0.440. The highest BCUT2D eigenvalue weighted by Crippen LogP contribution is 2.27. The SMILES string of the molecule is CC(C)(C)S(=O)(=O)NC1CCC(C(=O)Nc2cccc(F)c2)CC1. The van der Waals surface area contributed by atoms with Crippen molar-refractivity contribution in [1.82, 2.24) is 4.72 Å². The van der Waals surface area contributed by atoms with Crippen molar-refractivity contribution < 1.29 is 17.6 Å². The summed E-state index contributed by atoms with van der Waals surface area (Å²) in [5, 5.41) is 2.72. The van der Waals surface area contributed by atoms with E-state index in [-0.39, 0.29) is 17.9 Å². The maximum absolute atomic E-state index is 13.1. The second kappa shape index (κ2) is 7.19. The van der Waals surface area contributed by atoms with Crippen molar-refractivity contribution in [3.63, 3.8) is 0 Å². The highest BCUT2D eigenvalue weighted by Gasteiger charge is 2.34. The molecule has 5 nitrogen and oxygen atoms in total. The highest BCUT2D eigenvalue weighted by atomic mass is 32.2. The number of halogens is 1. The van der Waals surface area contributed by atoms with Gasteiger partial charge in [-0.15, -0.1) is 0 Å². The van der Waals surface area contributed by atoms with E-state index in [9.17, 15) is 17.6 Å². The summed E-state index contributed by atoms with van der Waals surface area (Å²) in [7, 11) is -3.38. The van der Waals surface area contributed by atoms with Crippen LogP contribution in [0.2, 0.25) is 0 Å². The molecule has 7 heteroatoms. The first-order chi connectivity index (χ1) is 11.1. The van der Waals surface area contributed by atoms with Crippen LogP contribution in [-0.2, 0) is 14.8 Å². The molecule has 1 fully saturated rings. The molecule has 0 radical (unpaired) electrons. The van der Waals surface area contributed by atoms with Crippen molar-refractivity contribution in [2.75, 3.05) is 5.32 Å². The van der Waals surface area contributed by atoms with Crippen LogP contribution in [0.15, 0.2) is 24.3 Å². The van der Waals surface area contributed by atoms with Gasteiger partial charge < -0.3 is 5.32 Å². The fourth-order valence-corrected chi connectivity index (χ4v) is 3.71. The average molecular weight is 356 g/mol. The summed E-state index contributed by atoms with van der Waals surface area (Å²) < 4.78 is 39.4. The molecule has 134 valence electrons. The second-order valence-electron chi connectivity index (χ2n) is 7.28. The standard InChI is InChI=1S/C17H25FN2O3S/c1-17(2,3)24(22,23)20-14-9-7-12(8-10-14)16(21)19-15-6-4-5-13(18)11-15/h4-6,11-12,14,20H,7-10H2,1-3H3,(H,19,21). The zero-order valence-corrected chi connectivity index (χ0v) is 15.1. The van der Waals surface area contributed by atoms with Gasteiger partial charge in [0.25, 0.3) is 0 Å². The number of sulfonamides is 1. The molecule has 1 aliphatic carbocycles. The fourth-order valence-electron chi connectivity index (χ4n) is 2.68. The van der Waals surface area contributed by atoms with Crippen LogP contribution in [-0.4, -0.2) is 25.1 Å². The van der Waals surface area contributed by atoms with Crippen LogP contribution in [0.3, 0.4) is 0 Å². The molecule has 1 aliphatic rings. The minimum absolute atomic E-state index is 0.132. The van der Waals surface area contributed by atoms with Crippen LogP contribution in [0.1, 0.15) is 46.5 Å². The van der Waals surface area contributed by atoms with E-state index in [1.54, 1.807) is 32.9 Å². The van der Waals surface area contributed by atoms with Gasteiger partial charge in [-0.2, -0.15) is 0 Å². The smallest absolute Gasteiger partial charge is 0.227 e. The number of amides is 1. The minimum atomic E-state index is -3.38. The van der Waals surface area contributed by atoms with Gasteiger partial charge in [0.15, 0.2) is 0 Å². The number of hydrogen-bond donors (Lipinski definition) is 2. The zero-order valence-electron chi connectivity index (χ0n) is 14.3. The van der Waals surface area contributed by atoms with Gasteiger partial charge in [0.05, 0.1) is 4.75 Å². The third-order valence-corrected chi connectivity index (χ3v) is 6.57. The summed E-state index contributed by atoms with van der Waals surface area (Å²) >= 11 is 0. The topological polar surface area (TPSA) is 75.3 Å². The molecule has 1 aromatic rings. The Bertz CT molecular complexity index is 690. The number of carbonyl (C=O) groups is 1. The van der Waals surface area contributed by atoms with Gasteiger partial charge in [-0.25, -0.2) is 17.5 Å². The van der Waals surface area contributed by atoms with E-state index in [1.807, 2.05) is 0 Å². The van der Waals surface area contributed by atoms with Crippen molar-refractivity contribution in [3.8, 4) is 0 Å². The summed E-state index contributed by atoms with van der Waals surface area (Å²) in [6.45, 7) is 4.98. The van der Waals surface area contributed by atoms with Crippen LogP contribution in [0.4, 0.5) is 10.1 Å². The van der Waals surface area contributed by atoms with E-state index in [0.717, 1.165) is 0 Å². The first kappa shape index (κ1) is 18.9. The Kier molecular flexibility index (Phi) is 5.65. The van der Waals surface area contributed by atoms with Crippen molar-refractivity contribution in [1.29, 1.82) is 0 Å². The van der Waals surface area contributed by atoms with E-state index < -0.39 is 20.6 Å². The predicted octanol–water partition coefficient (Wildman–Crippen LogP) is 3.04. The molecule has 0 aliphatic heterocycles. The van der Waals surface area contributed by atoms with Crippen LogP contribution in [0.5, 0.6) is 0 Å². The first-order valence-corrected chi connectivity index (χ1v) is 9.65. The molecule has 2 N–H and O–H groups in total. The molecule has 1 amide bonds. The Morgan fingerprint density at radius 1 is 1.17 bits per heavy atom. The molecule has 0 heterocycles. The Balaban J connectivity index is 1.87. The molecule has 0 atom stereocenters. The van der Waals surface area contributed by atoms with Gasteiger partial charge in [-0.1, -0.05) is 6.07 Å². The van der Waals surface area contributed by atoms with Crippen LogP contribution in [0, 0.1) is 11.7 Å². The third kappa shape index (κ3) is 4.77. The van der Waals surface area contributed by atoms with Gasteiger partial charge in [0.2, 0.25) is 15.9 Å². The second-order valence-corrected chi connectivity index (χ2v) is 9.75. The molecule has 0 bridgehead atoms. The van der Waals surface area contributed by atoms with E-state index in [4.69, 9.17) is 0 Å². The summed E-state index contributed by atoms with van der Waals surface area (Å²) in [4.78, 5) is 12.3. The average Bonchev–Trinajstić information content (AvgIpc) is 2.46. The van der Waals surface area contributed by atoms with E-state index >= 15 is 0 Å². The lowest BCUT2D eigenvalue weighted by Crippen LogP contribution is -2.46. The number of benzene rings is 1. The Labute approximate surface area is 143 Å². The maximum Gasteiger partial charge on any atom is 0.227 e. The molecule has 2 rings (SSSR count). The van der Waals surface area contributed by atoms with Gasteiger partial charge >= 0.3 is 0 Å². The summed E-state index contributed by atoms with van der Waals surface area (Å²) in [6.07, 6.45) is 2.46. The highest BCUT2D eigenvalue weighted by molar-refractivity contribution is 7.90. The minimum Gasteiger partial charge on any atom is -0.326 e. The van der Waals surface area contributed by atoms with Gasteiger partial charge in [-0.3, -0.25) is 4.79 Å². The monoisotopic (exact) mass is 356 g/mol. The number of anilines is 1. The summed E-state index contributed by atoms with van der Waals surface area (Å²) in [5.74, 6) is -0.713. The van der Waals surface area contributed by atoms with E-state index in [1.165, 1.54) is 12.1 Å². The molecule has 0 spiro atoms. The maximum atomic E-state index is 13.1. The Morgan fingerprint density at radius 3 is 2.33 bits per heavy atom. The van der Waals surface area contributed by atoms with E-state index in [2.05, 4.69) is 10.0 Å². The number of carbonyl (C=O) groups excluding carboxylic acids is 1. The van der Waals surface area contributed by atoms with Gasteiger partial charge in [0.1, 0.15) is 5.82 Å².